The quantitative estimate of drug-likeness (QED) is 0.659. The van der Waals surface area contributed by atoms with Crippen molar-refractivity contribution >= 4 is 6.03 Å². The molecule has 1 aliphatic rings. The van der Waals surface area contributed by atoms with E-state index in [-0.39, 0.29) is 12.1 Å². The zero-order chi connectivity index (χ0) is 19.6. The van der Waals surface area contributed by atoms with Crippen LogP contribution in [0.3, 0.4) is 0 Å². The van der Waals surface area contributed by atoms with Crippen molar-refractivity contribution in [3.8, 4) is 5.75 Å². The van der Waals surface area contributed by atoms with E-state index in [0.717, 1.165) is 50.5 Å². The largest absolute Gasteiger partial charge is 0.492 e. The molecular formula is C21H36N4O2. The van der Waals surface area contributed by atoms with Gasteiger partial charge in [0, 0.05) is 38.3 Å². The topological polar surface area (TPSA) is 56.8 Å². The van der Waals surface area contributed by atoms with Crippen LogP contribution >= 0.6 is 0 Å². The lowest BCUT2D eigenvalue weighted by atomic mass is 10.2. The molecule has 1 aromatic rings. The van der Waals surface area contributed by atoms with Gasteiger partial charge in [-0.2, -0.15) is 0 Å². The summed E-state index contributed by atoms with van der Waals surface area (Å²) in [7, 11) is 0. The number of benzene rings is 1. The van der Waals surface area contributed by atoms with E-state index in [1.54, 1.807) is 0 Å². The van der Waals surface area contributed by atoms with E-state index in [2.05, 4.69) is 48.1 Å². The Morgan fingerprint density at radius 1 is 1.26 bits per heavy atom. The van der Waals surface area contributed by atoms with E-state index in [1.807, 2.05) is 24.3 Å². The summed E-state index contributed by atoms with van der Waals surface area (Å²) in [6.45, 7) is 14.9. The molecule has 1 saturated heterocycles. The summed E-state index contributed by atoms with van der Waals surface area (Å²) in [5.41, 5.74) is 1.07. The minimum Gasteiger partial charge on any atom is -0.492 e. The number of ether oxygens (including phenoxy) is 1. The number of urea groups is 1. The molecule has 1 aromatic carbocycles. The van der Waals surface area contributed by atoms with Crippen molar-refractivity contribution in [2.45, 2.75) is 52.7 Å². The van der Waals surface area contributed by atoms with Crippen molar-refractivity contribution in [1.29, 1.82) is 0 Å². The van der Waals surface area contributed by atoms with Crippen LogP contribution in [0.4, 0.5) is 4.79 Å². The second kappa shape index (κ2) is 11.1. The lowest BCUT2D eigenvalue weighted by molar-refractivity contribution is 0.223. The van der Waals surface area contributed by atoms with Gasteiger partial charge in [0.25, 0.3) is 0 Å². The molecule has 1 unspecified atom stereocenters. The minimum atomic E-state index is -0.0924. The maximum absolute atomic E-state index is 12.1. The normalized spacial score (nSPS) is 17.5. The minimum absolute atomic E-state index is 0.0924. The van der Waals surface area contributed by atoms with Crippen molar-refractivity contribution in [3.05, 3.63) is 29.8 Å². The SMILES string of the molecule is CCN(CC)CCOc1ccc(CNC(=O)NC2CCN(C(C)C)C2)cc1. The van der Waals surface area contributed by atoms with Crippen molar-refractivity contribution < 1.29 is 9.53 Å². The van der Waals surface area contributed by atoms with Gasteiger partial charge in [-0.05, 0) is 51.1 Å². The highest BCUT2D eigenvalue weighted by molar-refractivity contribution is 5.74. The van der Waals surface area contributed by atoms with Crippen molar-refractivity contribution in [2.24, 2.45) is 0 Å². The molecule has 6 heteroatoms. The predicted octanol–water partition coefficient (Wildman–Crippen LogP) is 2.69. The highest BCUT2D eigenvalue weighted by Gasteiger charge is 2.25. The van der Waals surface area contributed by atoms with E-state index in [0.29, 0.717) is 19.2 Å². The Balaban J connectivity index is 1.66. The van der Waals surface area contributed by atoms with E-state index in [4.69, 9.17) is 4.74 Å². The lowest BCUT2D eigenvalue weighted by Crippen LogP contribution is -2.43. The van der Waals surface area contributed by atoms with Gasteiger partial charge in [0.1, 0.15) is 12.4 Å². The van der Waals surface area contributed by atoms with Crippen molar-refractivity contribution in [2.75, 3.05) is 39.3 Å². The first-order chi connectivity index (χ1) is 13.0. The molecule has 0 bridgehead atoms. The van der Waals surface area contributed by atoms with Gasteiger partial charge in [-0.3, -0.25) is 4.90 Å². The predicted molar refractivity (Wildman–Crippen MR) is 110 cm³/mol. The first-order valence-corrected chi connectivity index (χ1v) is 10.2. The number of nitrogens with zero attached hydrogens (tertiary/aromatic N) is 2. The number of likely N-dealkylation sites (tertiary alicyclic amines) is 1. The summed E-state index contributed by atoms with van der Waals surface area (Å²) in [4.78, 5) is 16.8. The van der Waals surface area contributed by atoms with Gasteiger partial charge >= 0.3 is 6.03 Å². The van der Waals surface area contributed by atoms with Gasteiger partial charge in [-0.15, -0.1) is 0 Å². The van der Waals surface area contributed by atoms with Gasteiger partial charge in [-0.25, -0.2) is 4.79 Å². The number of nitrogens with one attached hydrogen (secondary N) is 2. The molecule has 1 heterocycles. The molecule has 2 rings (SSSR count). The summed E-state index contributed by atoms with van der Waals surface area (Å²) in [6.07, 6.45) is 1.02. The summed E-state index contributed by atoms with van der Waals surface area (Å²) >= 11 is 0. The number of rotatable bonds is 10. The van der Waals surface area contributed by atoms with Crippen molar-refractivity contribution in [3.63, 3.8) is 0 Å². The Labute approximate surface area is 164 Å². The van der Waals surface area contributed by atoms with Gasteiger partial charge < -0.3 is 20.3 Å². The van der Waals surface area contributed by atoms with Gasteiger partial charge in [0.2, 0.25) is 0 Å². The number of hydrogen-bond donors (Lipinski definition) is 2. The Morgan fingerprint density at radius 3 is 2.56 bits per heavy atom. The van der Waals surface area contributed by atoms with Crippen LogP contribution in [0.15, 0.2) is 24.3 Å². The molecule has 0 aliphatic carbocycles. The molecule has 1 fully saturated rings. The molecule has 1 atom stereocenters. The zero-order valence-electron chi connectivity index (χ0n) is 17.3. The fraction of sp³-hybridized carbons (Fsp3) is 0.667. The van der Waals surface area contributed by atoms with Crippen LogP contribution in [0.5, 0.6) is 5.75 Å². The fourth-order valence-corrected chi connectivity index (χ4v) is 3.33. The van der Waals surface area contributed by atoms with Crippen LogP contribution in [-0.2, 0) is 6.54 Å². The molecular weight excluding hydrogens is 340 g/mol. The molecule has 0 radical (unpaired) electrons. The number of carbonyl (C=O) groups is 1. The molecule has 6 nitrogen and oxygen atoms in total. The fourth-order valence-electron chi connectivity index (χ4n) is 3.33. The lowest BCUT2D eigenvalue weighted by Gasteiger charge is -2.20. The Bertz CT molecular complexity index is 558. The molecule has 2 amide bonds. The zero-order valence-corrected chi connectivity index (χ0v) is 17.3. The van der Waals surface area contributed by atoms with Gasteiger partial charge in [0.05, 0.1) is 0 Å². The number of carbonyl (C=O) groups excluding carboxylic acids is 1. The molecule has 27 heavy (non-hydrogen) atoms. The third-order valence-corrected chi connectivity index (χ3v) is 5.23. The highest BCUT2D eigenvalue weighted by atomic mass is 16.5. The maximum Gasteiger partial charge on any atom is 0.315 e. The van der Waals surface area contributed by atoms with E-state index in [1.165, 1.54) is 0 Å². The first-order valence-electron chi connectivity index (χ1n) is 10.2. The first kappa shape index (κ1) is 21.5. The molecule has 152 valence electrons. The summed E-state index contributed by atoms with van der Waals surface area (Å²) in [5.74, 6) is 0.870. The maximum atomic E-state index is 12.1. The molecule has 0 aromatic heterocycles. The summed E-state index contributed by atoms with van der Waals surface area (Å²) < 4.78 is 5.79. The smallest absolute Gasteiger partial charge is 0.315 e. The Kier molecular flexibility index (Phi) is 8.88. The monoisotopic (exact) mass is 376 g/mol. The van der Waals surface area contributed by atoms with E-state index >= 15 is 0 Å². The van der Waals surface area contributed by atoms with Crippen LogP contribution in [0.25, 0.3) is 0 Å². The summed E-state index contributed by atoms with van der Waals surface area (Å²) in [5, 5.41) is 6.02. The molecule has 1 aliphatic heterocycles. The number of hydrogen-bond acceptors (Lipinski definition) is 4. The Hall–Kier alpha value is -1.79. The van der Waals surface area contributed by atoms with Crippen LogP contribution in [-0.4, -0.2) is 67.2 Å². The second-order valence-corrected chi connectivity index (χ2v) is 7.42. The Morgan fingerprint density at radius 2 is 1.96 bits per heavy atom. The van der Waals surface area contributed by atoms with Gasteiger partial charge in [-0.1, -0.05) is 26.0 Å². The third-order valence-electron chi connectivity index (χ3n) is 5.23. The summed E-state index contributed by atoms with van der Waals surface area (Å²) in [6, 6.07) is 8.63. The van der Waals surface area contributed by atoms with Crippen LogP contribution in [0.2, 0.25) is 0 Å². The standard InChI is InChI=1S/C21H36N4O2/c1-5-24(6-2)13-14-27-20-9-7-18(8-10-20)15-22-21(26)23-19-11-12-25(16-19)17(3)4/h7-10,17,19H,5-6,11-16H2,1-4H3,(H2,22,23,26). The molecule has 0 saturated carbocycles. The second-order valence-electron chi connectivity index (χ2n) is 7.42. The van der Waals surface area contributed by atoms with E-state index < -0.39 is 0 Å². The third kappa shape index (κ3) is 7.39. The number of likely N-dealkylation sites (N-methyl/N-ethyl adjacent to an activating group) is 1. The van der Waals surface area contributed by atoms with Crippen LogP contribution in [0, 0.1) is 0 Å². The van der Waals surface area contributed by atoms with Crippen molar-refractivity contribution in [1.82, 2.24) is 20.4 Å². The van der Waals surface area contributed by atoms with E-state index in [9.17, 15) is 4.79 Å². The average molecular weight is 377 g/mol. The highest BCUT2D eigenvalue weighted by Crippen LogP contribution is 2.13. The number of amides is 2. The average Bonchev–Trinajstić information content (AvgIpc) is 3.13. The van der Waals surface area contributed by atoms with Crippen LogP contribution < -0.4 is 15.4 Å². The van der Waals surface area contributed by atoms with Gasteiger partial charge in [0.15, 0.2) is 0 Å². The molecule has 0 spiro atoms. The molecule has 2 N–H and O–H groups in total. The van der Waals surface area contributed by atoms with Crippen LogP contribution in [0.1, 0.15) is 39.7 Å².